The van der Waals surface area contributed by atoms with Crippen molar-refractivity contribution < 1.29 is 9.47 Å². The molecule has 1 aromatic rings. The summed E-state index contributed by atoms with van der Waals surface area (Å²) in [7, 11) is 3.60. The Morgan fingerprint density at radius 1 is 1.22 bits per heavy atom. The number of nitrogens with one attached hydrogen (secondary N) is 2. The van der Waals surface area contributed by atoms with Crippen molar-refractivity contribution >= 4 is 5.96 Å². The first-order chi connectivity index (χ1) is 12.8. The first-order valence-corrected chi connectivity index (χ1v) is 9.99. The predicted molar refractivity (Wildman–Crippen MR) is 113 cm³/mol. The van der Waals surface area contributed by atoms with Gasteiger partial charge in [-0.1, -0.05) is 18.6 Å². The second-order valence-electron chi connectivity index (χ2n) is 8.70. The molecule has 27 heavy (non-hydrogen) atoms. The third kappa shape index (κ3) is 6.73. The molecule has 1 aromatic carbocycles. The van der Waals surface area contributed by atoms with Crippen LogP contribution in [0, 0.1) is 12.3 Å². The van der Waals surface area contributed by atoms with Crippen molar-refractivity contribution in [3.05, 3.63) is 29.3 Å². The minimum absolute atomic E-state index is 0.222. The van der Waals surface area contributed by atoms with Gasteiger partial charge in [0, 0.05) is 39.4 Å². The van der Waals surface area contributed by atoms with Gasteiger partial charge in [0.15, 0.2) is 5.96 Å². The van der Waals surface area contributed by atoms with E-state index in [1.165, 1.54) is 24.8 Å². The lowest BCUT2D eigenvalue weighted by Crippen LogP contribution is -2.46. The zero-order valence-corrected chi connectivity index (χ0v) is 17.9. The molecular formula is C22H37N3O2. The first-order valence-electron chi connectivity index (χ1n) is 9.99. The number of rotatable bonds is 8. The molecule has 0 unspecified atom stereocenters. The summed E-state index contributed by atoms with van der Waals surface area (Å²) in [5, 5.41) is 6.95. The summed E-state index contributed by atoms with van der Waals surface area (Å²) in [5.74, 6) is 1.77. The highest BCUT2D eigenvalue weighted by Crippen LogP contribution is 2.43. The Morgan fingerprint density at radius 2 is 1.96 bits per heavy atom. The normalized spacial score (nSPS) is 16.6. The molecule has 0 spiro atoms. The average Bonchev–Trinajstić information content (AvgIpc) is 2.56. The van der Waals surface area contributed by atoms with Gasteiger partial charge < -0.3 is 20.1 Å². The summed E-state index contributed by atoms with van der Waals surface area (Å²) in [6.07, 6.45) is 4.95. The Labute approximate surface area is 164 Å². The lowest BCUT2D eigenvalue weighted by molar-refractivity contribution is 0.0732. The Bertz CT molecular complexity index is 631. The van der Waals surface area contributed by atoms with E-state index in [2.05, 4.69) is 61.5 Å². The summed E-state index contributed by atoms with van der Waals surface area (Å²) >= 11 is 0. The van der Waals surface area contributed by atoms with Crippen LogP contribution >= 0.6 is 0 Å². The maximum atomic E-state index is 6.15. The minimum Gasteiger partial charge on any atom is -0.488 e. The number of methoxy groups -OCH3 is 1. The summed E-state index contributed by atoms with van der Waals surface area (Å²) < 4.78 is 11.4. The summed E-state index contributed by atoms with van der Waals surface area (Å²) in [6, 6.07) is 6.35. The van der Waals surface area contributed by atoms with Crippen LogP contribution in [0.1, 0.15) is 57.6 Å². The Morgan fingerprint density at radius 3 is 2.52 bits per heavy atom. The molecule has 1 saturated carbocycles. The fourth-order valence-corrected chi connectivity index (χ4v) is 3.41. The third-order valence-corrected chi connectivity index (χ3v) is 5.19. The second-order valence-corrected chi connectivity index (χ2v) is 8.70. The third-order valence-electron chi connectivity index (χ3n) is 5.19. The monoisotopic (exact) mass is 375 g/mol. The van der Waals surface area contributed by atoms with E-state index in [1.807, 2.05) is 7.05 Å². The minimum atomic E-state index is -0.222. The number of nitrogens with zero attached hydrogens (tertiary/aromatic N) is 1. The number of hydrogen-bond acceptors (Lipinski definition) is 3. The highest BCUT2D eigenvalue weighted by molar-refractivity contribution is 5.79. The fourth-order valence-electron chi connectivity index (χ4n) is 3.41. The van der Waals surface area contributed by atoms with E-state index in [4.69, 9.17) is 9.47 Å². The molecule has 5 heteroatoms. The lowest BCUT2D eigenvalue weighted by Gasteiger charge is -2.42. The Balaban J connectivity index is 1.94. The zero-order chi connectivity index (χ0) is 19.9. The van der Waals surface area contributed by atoms with Crippen LogP contribution in [-0.2, 0) is 11.3 Å². The van der Waals surface area contributed by atoms with Gasteiger partial charge >= 0.3 is 0 Å². The van der Waals surface area contributed by atoms with Crippen LogP contribution in [0.4, 0.5) is 0 Å². The van der Waals surface area contributed by atoms with Gasteiger partial charge in [-0.2, -0.15) is 0 Å². The summed E-state index contributed by atoms with van der Waals surface area (Å²) in [6.45, 7) is 10.8. The highest BCUT2D eigenvalue weighted by Gasteiger charge is 2.36. The van der Waals surface area contributed by atoms with E-state index in [-0.39, 0.29) is 5.60 Å². The van der Waals surface area contributed by atoms with Crippen LogP contribution < -0.4 is 15.4 Å². The lowest BCUT2D eigenvalue weighted by atomic mass is 9.67. The molecular weight excluding hydrogens is 338 g/mol. The standard InChI is InChI=1S/C22H37N3O2/c1-17-8-9-18(19(14-17)27-21(2,3)4)15-24-20(23-5)25-16-22(10-7-11-22)12-13-26-6/h8-9,14H,7,10-13,15-16H2,1-6H3,(H2,23,24,25). The first kappa shape index (κ1) is 21.5. The number of guanidine groups is 1. The van der Waals surface area contributed by atoms with Gasteiger partial charge in [0.25, 0.3) is 0 Å². The number of aliphatic imine (C=N–C) groups is 1. The topological polar surface area (TPSA) is 54.9 Å². The van der Waals surface area contributed by atoms with Gasteiger partial charge in [-0.05, 0) is 64.0 Å². The Kier molecular flexibility index (Phi) is 7.54. The average molecular weight is 376 g/mol. The van der Waals surface area contributed by atoms with Crippen molar-refractivity contribution in [3.8, 4) is 5.75 Å². The number of hydrogen-bond donors (Lipinski definition) is 2. The van der Waals surface area contributed by atoms with E-state index >= 15 is 0 Å². The van der Waals surface area contributed by atoms with Crippen molar-refractivity contribution in [1.29, 1.82) is 0 Å². The molecule has 0 aliphatic heterocycles. The van der Waals surface area contributed by atoms with Gasteiger partial charge in [0.05, 0.1) is 0 Å². The smallest absolute Gasteiger partial charge is 0.191 e. The molecule has 5 nitrogen and oxygen atoms in total. The van der Waals surface area contributed by atoms with Crippen LogP contribution in [0.25, 0.3) is 0 Å². The molecule has 0 saturated heterocycles. The molecule has 0 radical (unpaired) electrons. The maximum absolute atomic E-state index is 6.15. The molecule has 0 aromatic heterocycles. The molecule has 0 amide bonds. The fraction of sp³-hybridized carbons (Fsp3) is 0.682. The molecule has 2 rings (SSSR count). The molecule has 0 atom stereocenters. The van der Waals surface area contributed by atoms with E-state index < -0.39 is 0 Å². The molecule has 1 aliphatic rings. The quantitative estimate of drug-likeness (QED) is 0.532. The van der Waals surface area contributed by atoms with Crippen molar-refractivity contribution in [2.45, 2.75) is 65.5 Å². The van der Waals surface area contributed by atoms with Crippen LogP contribution in [0.5, 0.6) is 5.75 Å². The van der Waals surface area contributed by atoms with Crippen molar-refractivity contribution in [2.24, 2.45) is 10.4 Å². The number of aryl methyl sites for hydroxylation is 1. The van der Waals surface area contributed by atoms with Crippen molar-refractivity contribution in [3.63, 3.8) is 0 Å². The predicted octanol–water partition coefficient (Wildman–Crippen LogP) is 4.04. The molecule has 0 bridgehead atoms. The van der Waals surface area contributed by atoms with Crippen LogP contribution in [0.3, 0.4) is 0 Å². The maximum Gasteiger partial charge on any atom is 0.191 e. The van der Waals surface area contributed by atoms with Gasteiger partial charge in [0.2, 0.25) is 0 Å². The van der Waals surface area contributed by atoms with Crippen molar-refractivity contribution in [2.75, 3.05) is 27.3 Å². The molecule has 2 N–H and O–H groups in total. The van der Waals surface area contributed by atoms with Crippen LogP contribution in [-0.4, -0.2) is 38.9 Å². The van der Waals surface area contributed by atoms with Gasteiger partial charge in [0.1, 0.15) is 11.4 Å². The largest absolute Gasteiger partial charge is 0.488 e. The molecule has 1 aliphatic carbocycles. The van der Waals surface area contributed by atoms with Crippen LogP contribution in [0.15, 0.2) is 23.2 Å². The Hall–Kier alpha value is -1.75. The number of benzene rings is 1. The van der Waals surface area contributed by atoms with Gasteiger partial charge in [-0.15, -0.1) is 0 Å². The summed E-state index contributed by atoms with van der Waals surface area (Å²) in [4.78, 5) is 4.39. The second kappa shape index (κ2) is 9.45. The van der Waals surface area contributed by atoms with Gasteiger partial charge in [-0.25, -0.2) is 0 Å². The van der Waals surface area contributed by atoms with E-state index in [1.54, 1.807) is 7.11 Å². The van der Waals surface area contributed by atoms with E-state index in [9.17, 15) is 0 Å². The zero-order valence-electron chi connectivity index (χ0n) is 17.9. The highest BCUT2D eigenvalue weighted by atomic mass is 16.5. The number of ether oxygens (including phenoxy) is 2. The van der Waals surface area contributed by atoms with Crippen LogP contribution in [0.2, 0.25) is 0 Å². The molecule has 0 heterocycles. The van der Waals surface area contributed by atoms with Gasteiger partial charge in [-0.3, -0.25) is 4.99 Å². The van der Waals surface area contributed by atoms with E-state index in [0.717, 1.165) is 36.8 Å². The summed E-state index contributed by atoms with van der Waals surface area (Å²) in [5.41, 5.74) is 2.47. The molecule has 152 valence electrons. The molecule has 1 fully saturated rings. The van der Waals surface area contributed by atoms with Crippen molar-refractivity contribution in [1.82, 2.24) is 10.6 Å². The SMILES string of the molecule is CN=C(NCc1ccc(C)cc1OC(C)(C)C)NCC1(CCOC)CCC1. The van der Waals surface area contributed by atoms with E-state index in [0.29, 0.717) is 12.0 Å².